The van der Waals surface area contributed by atoms with Crippen LogP contribution in [0.2, 0.25) is 0 Å². The number of pyridine rings is 1. The number of aromatic nitrogens is 2. The van der Waals surface area contributed by atoms with Gasteiger partial charge in [0.05, 0.1) is 19.3 Å². The number of fused-ring (bicyclic) bond motifs is 3. The van der Waals surface area contributed by atoms with Gasteiger partial charge in [-0.15, -0.1) is 0 Å². The highest BCUT2D eigenvalue weighted by Gasteiger charge is 2.33. The first-order valence-electron chi connectivity index (χ1n) is 9.31. The van der Waals surface area contributed by atoms with Gasteiger partial charge in [0.2, 0.25) is 0 Å². The average Bonchev–Trinajstić information content (AvgIpc) is 3.24. The molecule has 0 amide bonds. The van der Waals surface area contributed by atoms with Gasteiger partial charge in [-0.05, 0) is 38.7 Å². The second-order valence-corrected chi connectivity index (χ2v) is 7.32. The predicted octanol–water partition coefficient (Wildman–Crippen LogP) is 2.26. The molecule has 0 radical (unpaired) electrons. The molecule has 0 spiro atoms. The molecule has 2 aromatic rings. The molecule has 2 unspecified atom stereocenters. The number of nitrogens with one attached hydrogen (secondary N) is 1. The molecule has 4 rings (SSSR count). The van der Waals surface area contributed by atoms with Crippen LogP contribution in [-0.2, 0) is 0 Å². The summed E-state index contributed by atoms with van der Waals surface area (Å²) in [6.07, 6.45) is 9.66. The van der Waals surface area contributed by atoms with E-state index in [1.807, 2.05) is 19.2 Å². The largest absolute Gasteiger partial charge is 0.494 e. The molecule has 4 heterocycles. The van der Waals surface area contributed by atoms with Crippen molar-refractivity contribution in [2.24, 2.45) is 10.7 Å². The highest BCUT2D eigenvalue weighted by Crippen LogP contribution is 2.31. The molecule has 0 aromatic carbocycles. The zero-order chi connectivity index (χ0) is 19.0. The summed E-state index contributed by atoms with van der Waals surface area (Å²) in [7, 11) is 1.59. The van der Waals surface area contributed by atoms with Gasteiger partial charge in [0.15, 0.2) is 0 Å². The molecule has 3 N–H and O–H groups in total. The van der Waals surface area contributed by atoms with Crippen molar-refractivity contribution < 1.29 is 4.74 Å². The van der Waals surface area contributed by atoms with E-state index in [9.17, 15) is 5.26 Å². The molecule has 0 saturated carbocycles. The standard InChI is InChI=1S/C20H24N6O/c1-12(24-17-6-15-3-4-16(7-17)25-15)18(9-22)13-5-19(27-2)20-14(8-21)10-23-26(20)11-13/h5,9-11,15-17,25H,3-4,6-7,22H2,1-2H3/b18-9+,24-12?. The second kappa shape index (κ2) is 7.05. The Morgan fingerprint density at radius 2 is 2.19 bits per heavy atom. The molecule has 2 aliphatic rings. The Hall–Kier alpha value is -2.85. The van der Waals surface area contributed by atoms with Crippen LogP contribution in [0.25, 0.3) is 11.1 Å². The third-order valence-corrected chi connectivity index (χ3v) is 5.61. The molecule has 2 fully saturated rings. The van der Waals surface area contributed by atoms with Gasteiger partial charge in [-0.3, -0.25) is 4.99 Å². The monoisotopic (exact) mass is 364 g/mol. The number of piperidine rings is 1. The van der Waals surface area contributed by atoms with Crippen LogP contribution >= 0.6 is 0 Å². The van der Waals surface area contributed by atoms with E-state index in [0.717, 1.165) is 29.7 Å². The van der Waals surface area contributed by atoms with Crippen molar-refractivity contribution in [1.29, 1.82) is 5.26 Å². The molecule has 7 nitrogen and oxygen atoms in total. The number of nitrogens with two attached hydrogens (primary N) is 1. The third-order valence-electron chi connectivity index (χ3n) is 5.61. The highest BCUT2D eigenvalue weighted by molar-refractivity contribution is 6.22. The summed E-state index contributed by atoms with van der Waals surface area (Å²) < 4.78 is 7.16. The molecule has 0 aliphatic carbocycles. The lowest BCUT2D eigenvalue weighted by atomic mass is 9.99. The average molecular weight is 364 g/mol. The lowest BCUT2D eigenvalue weighted by Gasteiger charge is -2.27. The van der Waals surface area contributed by atoms with Crippen LogP contribution in [0.5, 0.6) is 5.75 Å². The van der Waals surface area contributed by atoms with Crippen LogP contribution < -0.4 is 15.8 Å². The summed E-state index contributed by atoms with van der Waals surface area (Å²) in [4.78, 5) is 4.99. The van der Waals surface area contributed by atoms with Crippen molar-refractivity contribution in [2.75, 3.05) is 7.11 Å². The number of nitriles is 1. The number of hydrogen-bond donors (Lipinski definition) is 2. The highest BCUT2D eigenvalue weighted by atomic mass is 16.5. The Balaban J connectivity index is 1.68. The summed E-state index contributed by atoms with van der Waals surface area (Å²) >= 11 is 0. The van der Waals surface area contributed by atoms with E-state index in [4.69, 9.17) is 15.5 Å². The second-order valence-electron chi connectivity index (χ2n) is 7.32. The molecule has 7 heteroatoms. The number of nitrogens with zero attached hydrogens (tertiary/aromatic N) is 4. The summed E-state index contributed by atoms with van der Waals surface area (Å²) in [6, 6.07) is 5.56. The van der Waals surface area contributed by atoms with Crippen LogP contribution in [0.1, 0.15) is 43.7 Å². The molecule has 2 atom stereocenters. The van der Waals surface area contributed by atoms with Crippen molar-refractivity contribution in [3.05, 3.63) is 35.8 Å². The fraction of sp³-hybridized carbons (Fsp3) is 0.450. The Morgan fingerprint density at radius 1 is 1.44 bits per heavy atom. The van der Waals surface area contributed by atoms with E-state index >= 15 is 0 Å². The number of aliphatic imine (C=N–C) groups is 1. The molecule has 2 aliphatic heterocycles. The number of hydrogen-bond acceptors (Lipinski definition) is 6. The van der Waals surface area contributed by atoms with Crippen molar-refractivity contribution in [2.45, 2.75) is 50.7 Å². The summed E-state index contributed by atoms with van der Waals surface area (Å²) in [5.41, 5.74) is 9.74. The fourth-order valence-electron chi connectivity index (χ4n) is 4.37. The first kappa shape index (κ1) is 17.6. The van der Waals surface area contributed by atoms with E-state index in [-0.39, 0.29) is 0 Å². The summed E-state index contributed by atoms with van der Waals surface area (Å²) in [6.45, 7) is 2.00. The lowest BCUT2D eigenvalue weighted by molar-refractivity contribution is 0.365. The maximum atomic E-state index is 9.27. The topological polar surface area (TPSA) is 101 Å². The maximum Gasteiger partial charge on any atom is 0.146 e. The van der Waals surface area contributed by atoms with Gasteiger partial charge < -0.3 is 15.8 Å². The van der Waals surface area contributed by atoms with Gasteiger partial charge in [0.1, 0.15) is 22.9 Å². The first-order valence-corrected chi connectivity index (χ1v) is 9.31. The van der Waals surface area contributed by atoms with Gasteiger partial charge in [-0.2, -0.15) is 10.4 Å². The summed E-state index contributed by atoms with van der Waals surface area (Å²) in [5.74, 6) is 0.591. The quantitative estimate of drug-likeness (QED) is 0.811. The molecule has 27 heavy (non-hydrogen) atoms. The minimum Gasteiger partial charge on any atom is -0.494 e. The van der Waals surface area contributed by atoms with E-state index in [1.54, 1.807) is 24.0 Å². The van der Waals surface area contributed by atoms with E-state index in [1.165, 1.54) is 12.8 Å². The normalized spacial score (nSPS) is 25.6. The minimum absolute atomic E-state index is 0.333. The van der Waals surface area contributed by atoms with Gasteiger partial charge in [-0.1, -0.05) is 0 Å². The first-order chi connectivity index (χ1) is 13.1. The van der Waals surface area contributed by atoms with Gasteiger partial charge in [-0.25, -0.2) is 4.52 Å². The molecule has 2 bridgehead atoms. The van der Waals surface area contributed by atoms with Crippen LogP contribution in [0.15, 0.2) is 29.7 Å². The molecule has 2 aromatic heterocycles. The van der Waals surface area contributed by atoms with Gasteiger partial charge in [0, 0.05) is 41.3 Å². The van der Waals surface area contributed by atoms with Gasteiger partial charge in [0.25, 0.3) is 0 Å². The molecule has 140 valence electrons. The van der Waals surface area contributed by atoms with Crippen LogP contribution in [-0.4, -0.2) is 40.6 Å². The Kier molecular flexibility index (Phi) is 4.58. The number of ether oxygens (including phenoxy) is 1. The van der Waals surface area contributed by atoms with Crippen LogP contribution in [0.4, 0.5) is 0 Å². The number of methoxy groups -OCH3 is 1. The van der Waals surface area contributed by atoms with E-state index in [0.29, 0.717) is 35.0 Å². The number of rotatable bonds is 4. The van der Waals surface area contributed by atoms with Crippen molar-refractivity contribution in [3.8, 4) is 11.8 Å². The van der Waals surface area contributed by atoms with Gasteiger partial charge >= 0.3 is 0 Å². The van der Waals surface area contributed by atoms with E-state index in [2.05, 4.69) is 16.5 Å². The Labute approximate surface area is 158 Å². The van der Waals surface area contributed by atoms with Crippen LogP contribution in [0.3, 0.4) is 0 Å². The van der Waals surface area contributed by atoms with Crippen LogP contribution in [0, 0.1) is 11.3 Å². The maximum absolute atomic E-state index is 9.27. The third kappa shape index (κ3) is 3.17. The lowest BCUT2D eigenvalue weighted by Crippen LogP contribution is -2.40. The molecule has 2 saturated heterocycles. The van der Waals surface area contributed by atoms with Crippen molar-refractivity contribution in [1.82, 2.24) is 14.9 Å². The van der Waals surface area contributed by atoms with Crippen molar-refractivity contribution >= 4 is 16.8 Å². The minimum atomic E-state index is 0.333. The van der Waals surface area contributed by atoms with E-state index < -0.39 is 0 Å². The predicted molar refractivity (Wildman–Crippen MR) is 105 cm³/mol. The zero-order valence-corrected chi connectivity index (χ0v) is 15.6. The Morgan fingerprint density at radius 3 is 2.81 bits per heavy atom. The molecular formula is C20H24N6O. The zero-order valence-electron chi connectivity index (χ0n) is 15.6. The number of allylic oxidation sites excluding steroid dienone is 1. The smallest absolute Gasteiger partial charge is 0.146 e. The molecular weight excluding hydrogens is 340 g/mol. The van der Waals surface area contributed by atoms with Crippen molar-refractivity contribution in [3.63, 3.8) is 0 Å². The SMILES string of the molecule is COc1cc(/C(=C/N)C(C)=NC2CC3CCC(C2)N3)cn2ncc(C#N)c12. The Bertz CT molecular complexity index is 955. The summed E-state index contributed by atoms with van der Waals surface area (Å²) in [5, 5.41) is 17.2. The fourth-order valence-corrected chi connectivity index (χ4v) is 4.37.